The summed E-state index contributed by atoms with van der Waals surface area (Å²) in [6.07, 6.45) is 0.820. The average Bonchev–Trinajstić information content (AvgIpc) is 3.42. The molecule has 3 rings (SSSR count). The lowest BCUT2D eigenvalue weighted by molar-refractivity contribution is -0.142. The van der Waals surface area contributed by atoms with Crippen LogP contribution in [0.3, 0.4) is 0 Å². The number of amides is 1. The number of ether oxygens (including phenoxy) is 2. The number of anilines is 2. The zero-order valence-electron chi connectivity index (χ0n) is 18.8. The van der Waals surface area contributed by atoms with Gasteiger partial charge >= 0.3 is 11.9 Å². The molecule has 2 aromatic heterocycles. The summed E-state index contributed by atoms with van der Waals surface area (Å²) in [5, 5.41) is 5.89. The second-order valence-electron chi connectivity index (χ2n) is 6.93. The smallest absolute Gasteiger partial charge is 0.312 e. The van der Waals surface area contributed by atoms with E-state index in [9.17, 15) is 22.8 Å². The van der Waals surface area contributed by atoms with E-state index in [4.69, 9.17) is 9.47 Å². The molecule has 0 saturated carbocycles. The minimum atomic E-state index is -4.07. The molecule has 0 atom stereocenters. The molecule has 0 saturated heterocycles. The predicted octanol–water partition coefficient (Wildman–Crippen LogP) is 3.46. The van der Waals surface area contributed by atoms with Crippen LogP contribution in [-0.2, 0) is 30.8 Å². The predicted molar refractivity (Wildman–Crippen MR) is 130 cm³/mol. The highest BCUT2D eigenvalue weighted by Gasteiger charge is 2.20. The van der Waals surface area contributed by atoms with Crippen molar-refractivity contribution in [1.29, 1.82) is 0 Å². The summed E-state index contributed by atoms with van der Waals surface area (Å²) in [6, 6.07) is 5.42. The van der Waals surface area contributed by atoms with E-state index in [2.05, 4.69) is 20.0 Å². The molecule has 35 heavy (non-hydrogen) atoms. The van der Waals surface area contributed by atoms with Gasteiger partial charge in [0.25, 0.3) is 15.9 Å². The van der Waals surface area contributed by atoms with Crippen LogP contribution in [0.5, 0.6) is 5.88 Å². The lowest BCUT2D eigenvalue weighted by Crippen LogP contribution is -2.16. The molecule has 1 aromatic carbocycles. The molecule has 0 aliphatic rings. The second kappa shape index (κ2) is 11.9. The number of thiazole rings is 2. The first-order valence-electron chi connectivity index (χ1n) is 10.4. The van der Waals surface area contributed by atoms with Crippen LogP contribution in [0, 0.1) is 0 Å². The summed E-state index contributed by atoms with van der Waals surface area (Å²) in [5.41, 5.74) is 0.538. The van der Waals surface area contributed by atoms with Gasteiger partial charge in [-0.3, -0.25) is 24.4 Å². The highest BCUT2D eigenvalue weighted by atomic mass is 32.2. The van der Waals surface area contributed by atoms with Gasteiger partial charge in [0.2, 0.25) is 5.88 Å². The Morgan fingerprint density at radius 2 is 1.80 bits per heavy atom. The fourth-order valence-electron chi connectivity index (χ4n) is 2.68. The van der Waals surface area contributed by atoms with E-state index in [0.29, 0.717) is 12.1 Å². The minimum absolute atomic E-state index is 0.00468. The molecule has 2 N–H and O–H groups in total. The van der Waals surface area contributed by atoms with Crippen LogP contribution < -0.4 is 14.8 Å². The zero-order valence-corrected chi connectivity index (χ0v) is 21.2. The van der Waals surface area contributed by atoms with Crippen molar-refractivity contribution < 1.29 is 32.3 Å². The number of rotatable bonds is 11. The summed E-state index contributed by atoms with van der Waals surface area (Å²) in [7, 11) is -4.07. The van der Waals surface area contributed by atoms with Crippen LogP contribution in [0.15, 0.2) is 39.9 Å². The van der Waals surface area contributed by atoms with E-state index in [-0.39, 0.29) is 46.1 Å². The van der Waals surface area contributed by atoms with Gasteiger partial charge in [0.05, 0.1) is 29.0 Å². The van der Waals surface area contributed by atoms with Gasteiger partial charge in [-0.1, -0.05) is 13.0 Å². The number of hydrogen-bond donors (Lipinski definition) is 2. The van der Waals surface area contributed by atoms with E-state index >= 15 is 0 Å². The first-order chi connectivity index (χ1) is 16.7. The standard InChI is InChI=1S/C21H22N4O7S3/c1-3-6-17(26)32-16-12-34-21(23-16)25-35(29,30)15-8-5-7-13(9-15)19(28)24-20-22-14(11-33-20)10-18(27)31-4-2/h5,7-9,11-12H,3-4,6,10H2,1-2H3,(H,23,25)(H,22,24,28). The van der Waals surface area contributed by atoms with Crippen molar-refractivity contribution in [2.45, 2.75) is 38.0 Å². The highest BCUT2D eigenvalue weighted by molar-refractivity contribution is 7.93. The number of hydrogen-bond acceptors (Lipinski definition) is 11. The molecular weight excluding hydrogens is 516 g/mol. The molecule has 0 bridgehead atoms. The molecule has 0 radical (unpaired) electrons. The van der Waals surface area contributed by atoms with Crippen molar-refractivity contribution in [1.82, 2.24) is 9.97 Å². The monoisotopic (exact) mass is 538 g/mol. The van der Waals surface area contributed by atoms with Crippen LogP contribution in [0.2, 0.25) is 0 Å². The Bertz CT molecular complexity index is 1320. The van der Waals surface area contributed by atoms with Crippen LogP contribution in [-0.4, -0.2) is 42.8 Å². The summed E-state index contributed by atoms with van der Waals surface area (Å²) < 4.78 is 37.8. The van der Waals surface area contributed by atoms with Crippen molar-refractivity contribution in [3.05, 3.63) is 46.3 Å². The number of nitrogens with one attached hydrogen (secondary N) is 2. The first kappa shape index (κ1) is 26.2. The van der Waals surface area contributed by atoms with E-state index in [1.165, 1.54) is 29.6 Å². The quantitative estimate of drug-likeness (QED) is 0.349. The molecule has 186 valence electrons. The second-order valence-corrected chi connectivity index (χ2v) is 10.3. The molecule has 1 amide bonds. The van der Waals surface area contributed by atoms with Gasteiger partial charge in [-0.05, 0) is 31.5 Å². The third-order valence-electron chi connectivity index (χ3n) is 4.19. The number of esters is 2. The molecule has 2 heterocycles. The molecule has 0 unspecified atom stereocenters. The number of sulfonamides is 1. The summed E-state index contributed by atoms with van der Waals surface area (Å²) in [4.78, 5) is 43.7. The van der Waals surface area contributed by atoms with Gasteiger partial charge in [-0.25, -0.2) is 13.4 Å². The van der Waals surface area contributed by atoms with Gasteiger partial charge in [0.15, 0.2) is 10.3 Å². The van der Waals surface area contributed by atoms with Crippen LogP contribution >= 0.6 is 22.7 Å². The van der Waals surface area contributed by atoms with Crippen molar-refractivity contribution in [2.24, 2.45) is 0 Å². The normalized spacial score (nSPS) is 11.0. The molecule has 11 nitrogen and oxygen atoms in total. The Balaban J connectivity index is 1.66. The Morgan fingerprint density at radius 1 is 1.03 bits per heavy atom. The third kappa shape index (κ3) is 7.56. The lowest BCUT2D eigenvalue weighted by Gasteiger charge is -2.07. The van der Waals surface area contributed by atoms with E-state index in [1.807, 2.05) is 6.92 Å². The maximum absolute atomic E-state index is 12.8. The van der Waals surface area contributed by atoms with E-state index < -0.39 is 27.9 Å². The SMILES string of the molecule is CCCC(=O)Oc1csc(NS(=O)(=O)c2cccc(C(=O)Nc3nc(CC(=O)OCC)cs3)c2)n1. The number of carbonyl (C=O) groups is 3. The first-order valence-corrected chi connectivity index (χ1v) is 13.6. The number of carbonyl (C=O) groups excluding carboxylic acids is 3. The molecule has 0 spiro atoms. The van der Waals surface area contributed by atoms with E-state index in [1.54, 1.807) is 12.3 Å². The molecule has 0 aliphatic carbocycles. The number of benzene rings is 1. The summed E-state index contributed by atoms with van der Waals surface area (Å²) in [6.45, 7) is 3.79. The summed E-state index contributed by atoms with van der Waals surface area (Å²) >= 11 is 2.08. The van der Waals surface area contributed by atoms with Crippen molar-refractivity contribution in [3.63, 3.8) is 0 Å². The van der Waals surface area contributed by atoms with Gasteiger partial charge in [-0.15, -0.1) is 22.7 Å². The average molecular weight is 539 g/mol. The van der Waals surface area contributed by atoms with Crippen LogP contribution in [0.1, 0.15) is 42.7 Å². The Kier molecular flexibility index (Phi) is 8.89. The Hall–Kier alpha value is -3.36. The van der Waals surface area contributed by atoms with Gasteiger partial charge in [0, 0.05) is 17.4 Å². The molecule has 0 fully saturated rings. The molecule has 3 aromatic rings. The minimum Gasteiger partial charge on any atom is -0.466 e. The van der Waals surface area contributed by atoms with Crippen molar-refractivity contribution in [2.75, 3.05) is 16.6 Å². The largest absolute Gasteiger partial charge is 0.466 e. The molecule has 14 heteroatoms. The third-order valence-corrected chi connectivity index (χ3v) is 7.20. The lowest BCUT2D eigenvalue weighted by atomic mass is 10.2. The topological polar surface area (TPSA) is 154 Å². The molecular formula is C21H22N4O7S3. The van der Waals surface area contributed by atoms with E-state index in [0.717, 1.165) is 22.7 Å². The highest BCUT2D eigenvalue weighted by Crippen LogP contribution is 2.25. The number of aromatic nitrogens is 2. The van der Waals surface area contributed by atoms with Gasteiger partial charge < -0.3 is 9.47 Å². The van der Waals surface area contributed by atoms with Crippen molar-refractivity contribution in [3.8, 4) is 5.88 Å². The Morgan fingerprint density at radius 3 is 2.54 bits per heavy atom. The van der Waals surface area contributed by atoms with Gasteiger partial charge in [0.1, 0.15) is 0 Å². The fourth-order valence-corrected chi connectivity index (χ4v) is 5.29. The zero-order chi connectivity index (χ0) is 25.4. The Labute approximate surface area is 209 Å². The number of nitrogens with zero attached hydrogens (tertiary/aromatic N) is 2. The fraction of sp³-hybridized carbons (Fsp3) is 0.286. The van der Waals surface area contributed by atoms with Gasteiger partial charge in [-0.2, -0.15) is 4.98 Å². The van der Waals surface area contributed by atoms with Crippen LogP contribution in [0.25, 0.3) is 0 Å². The maximum atomic E-state index is 12.8. The molecule has 0 aliphatic heterocycles. The van der Waals surface area contributed by atoms with Crippen molar-refractivity contribution >= 4 is 60.8 Å². The summed E-state index contributed by atoms with van der Waals surface area (Å²) in [5.74, 6) is -1.45. The maximum Gasteiger partial charge on any atom is 0.312 e. The van der Waals surface area contributed by atoms with Crippen LogP contribution in [0.4, 0.5) is 10.3 Å².